The SMILES string of the molecule is CCCn1nnnc1CN1CCN(S(=O)(=O)c2ccc(F)cc2)CC1. The molecule has 0 N–H and O–H groups in total. The highest BCUT2D eigenvalue weighted by atomic mass is 32.2. The van der Waals surface area contributed by atoms with Crippen molar-refractivity contribution in [2.24, 2.45) is 0 Å². The van der Waals surface area contributed by atoms with E-state index in [-0.39, 0.29) is 4.90 Å². The van der Waals surface area contributed by atoms with E-state index in [1.165, 1.54) is 16.4 Å². The van der Waals surface area contributed by atoms with Gasteiger partial charge in [-0.1, -0.05) is 6.92 Å². The third-order valence-corrected chi connectivity index (χ3v) is 6.10. The average molecular weight is 368 g/mol. The molecule has 1 saturated heterocycles. The van der Waals surface area contributed by atoms with Crippen molar-refractivity contribution in [1.82, 2.24) is 29.4 Å². The van der Waals surface area contributed by atoms with Gasteiger partial charge in [-0.3, -0.25) is 4.90 Å². The topological polar surface area (TPSA) is 84.2 Å². The molecule has 1 aromatic heterocycles. The zero-order valence-electron chi connectivity index (χ0n) is 14.0. The fourth-order valence-electron chi connectivity index (χ4n) is 2.81. The molecule has 0 unspecified atom stereocenters. The van der Waals surface area contributed by atoms with Crippen LogP contribution in [-0.4, -0.2) is 64.0 Å². The van der Waals surface area contributed by atoms with Gasteiger partial charge in [0.15, 0.2) is 5.82 Å². The predicted molar refractivity (Wildman–Crippen MR) is 88.5 cm³/mol. The quantitative estimate of drug-likeness (QED) is 0.747. The zero-order chi connectivity index (χ0) is 17.9. The number of hydrogen-bond donors (Lipinski definition) is 0. The van der Waals surface area contributed by atoms with Gasteiger partial charge in [0.2, 0.25) is 10.0 Å². The number of rotatable bonds is 6. The van der Waals surface area contributed by atoms with Crippen LogP contribution in [0.15, 0.2) is 29.2 Å². The van der Waals surface area contributed by atoms with Gasteiger partial charge in [-0.25, -0.2) is 17.5 Å². The molecule has 1 aromatic carbocycles. The first kappa shape index (κ1) is 17.9. The van der Waals surface area contributed by atoms with Gasteiger partial charge in [-0.2, -0.15) is 4.31 Å². The highest BCUT2D eigenvalue weighted by Gasteiger charge is 2.29. The molecule has 1 aliphatic rings. The number of benzene rings is 1. The zero-order valence-corrected chi connectivity index (χ0v) is 14.9. The third-order valence-electron chi connectivity index (χ3n) is 4.19. The second kappa shape index (κ2) is 7.54. The maximum atomic E-state index is 13.0. The van der Waals surface area contributed by atoms with Crippen molar-refractivity contribution in [3.05, 3.63) is 35.9 Å². The van der Waals surface area contributed by atoms with Crippen molar-refractivity contribution >= 4 is 10.0 Å². The van der Waals surface area contributed by atoms with E-state index >= 15 is 0 Å². The van der Waals surface area contributed by atoms with Crippen molar-refractivity contribution in [3.63, 3.8) is 0 Å². The van der Waals surface area contributed by atoms with E-state index < -0.39 is 15.8 Å². The van der Waals surface area contributed by atoms with Crippen LogP contribution in [0.4, 0.5) is 4.39 Å². The van der Waals surface area contributed by atoms with Crippen molar-refractivity contribution in [3.8, 4) is 0 Å². The van der Waals surface area contributed by atoms with Gasteiger partial charge in [0, 0.05) is 32.7 Å². The van der Waals surface area contributed by atoms with Crippen molar-refractivity contribution < 1.29 is 12.8 Å². The van der Waals surface area contributed by atoms with Crippen LogP contribution in [-0.2, 0) is 23.1 Å². The molecule has 1 fully saturated rings. The summed E-state index contributed by atoms with van der Waals surface area (Å²) in [6, 6.07) is 4.93. The standard InChI is InChI=1S/C15H21FN6O2S/c1-2-7-22-15(17-18-19-22)12-20-8-10-21(11-9-20)25(23,24)14-5-3-13(16)4-6-14/h3-6H,2,7-12H2,1H3. The lowest BCUT2D eigenvalue weighted by molar-refractivity contribution is 0.175. The van der Waals surface area contributed by atoms with Crippen molar-refractivity contribution in [2.75, 3.05) is 26.2 Å². The van der Waals surface area contributed by atoms with E-state index in [1.807, 2.05) is 0 Å². The van der Waals surface area contributed by atoms with Gasteiger partial charge in [0.05, 0.1) is 11.4 Å². The molecule has 0 amide bonds. The van der Waals surface area contributed by atoms with E-state index in [0.29, 0.717) is 32.7 Å². The minimum atomic E-state index is -3.59. The summed E-state index contributed by atoms with van der Waals surface area (Å²) < 4.78 is 41.4. The number of aryl methyl sites for hydroxylation is 1. The lowest BCUT2D eigenvalue weighted by atomic mass is 10.3. The number of hydrogen-bond acceptors (Lipinski definition) is 6. The molecule has 0 saturated carbocycles. The van der Waals surface area contributed by atoms with Crippen LogP contribution in [0.5, 0.6) is 0 Å². The molecular weight excluding hydrogens is 347 g/mol. The van der Waals surface area contributed by atoms with Gasteiger partial charge >= 0.3 is 0 Å². The first-order valence-electron chi connectivity index (χ1n) is 8.24. The summed E-state index contributed by atoms with van der Waals surface area (Å²) in [5.41, 5.74) is 0. The Balaban J connectivity index is 1.61. The fourth-order valence-corrected chi connectivity index (χ4v) is 4.23. The summed E-state index contributed by atoms with van der Waals surface area (Å²) in [6.45, 7) is 5.38. The Morgan fingerprint density at radius 3 is 2.44 bits per heavy atom. The lowest BCUT2D eigenvalue weighted by Crippen LogP contribution is -2.48. The summed E-state index contributed by atoms with van der Waals surface area (Å²) in [5.74, 6) is 0.338. The summed E-state index contributed by atoms with van der Waals surface area (Å²) >= 11 is 0. The molecule has 25 heavy (non-hydrogen) atoms. The maximum absolute atomic E-state index is 13.0. The summed E-state index contributed by atoms with van der Waals surface area (Å²) in [4.78, 5) is 2.25. The Morgan fingerprint density at radius 1 is 1.12 bits per heavy atom. The maximum Gasteiger partial charge on any atom is 0.243 e. The minimum Gasteiger partial charge on any atom is -0.293 e. The fraction of sp³-hybridized carbons (Fsp3) is 0.533. The summed E-state index contributed by atoms with van der Waals surface area (Å²) in [7, 11) is -3.59. The highest BCUT2D eigenvalue weighted by molar-refractivity contribution is 7.89. The van der Waals surface area contributed by atoms with E-state index in [1.54, 1.807) is 4.68 Å². The molecule has 3 rings (SSSR count). The molecular formula is C15H21FN6O2S. The number of aromatic nitrogens is 4. The molecule has 10 heteroatoms. The van der Waals surface area contributed by atoms with Crippen LogP contribution >= 0.6 is 0 Å². The van der Waals surface area contributed by atoms with Crippen molar-refractivity contribution in [2.45, 2.75) is 31.3 Å². The summed E-state index contributed by atoms with van der Waals surface area (Å²) in [6.07, 6.45) is 0.946. The number of piperazine rings is 1. The average Bonchev–Trinajstić information content (AvgIpc) is 3.03. The first-order chi connectivity index (χ1) is 12.0. The Bertz CT molecular complexity index is 800. The van der Waals surface area contributed by atoms with Crippen LogP contribution in [0.1, 0.15) is 19.2 Å². The lowest BCUT2D eigenvalue weighted by Gasteiger charge is -2.33. The molecule has 0 spiro atoms. The Hall–Kier alpha value is -1.91. The smallest absolute Gasteiger partial charge is 0.243 e. The van der Waals surface area contributed by atoms with Gasteiger partial charge in [-0.05, 0) is 41.1 Å². The van der Waals surface area contributed by atoms with Crippen molar-refractivity contribution in [1.29, 1.82) is 0 Å². The second-order valence-corrected chi connectivity index (χ2v) is 7.89. The van der Waals surface area contributed by atoms with Gasteiger partial charge in [0.25, 0.3) is 0 Å². The number of nitrogens with zero attached hydrogens (tertiary/aromatic N) is 6. The Kier molecular flexibility index (Phi) is 5.40. The summed E-state index contributed by atoms with van der Waals surface area (Å²) in [5, 5.41) is 11.7. The molecule has 8 nitrogen and oxygen atoms in total. The molecule has 0 atom stereocenters. The second-order valence-electron chi connectivity index (χ2n) is 5.95. The number of sulfonamides is 1. The molecule has 0 aliphatic carbocycles. The Morgan fingerprint density at radius 2 is 1.80 bits per heavy atom. The van der Waals surface area contributed by atoms with Crippen LogP contribution in [0.2, 0.25) is 0 Å². The normalized spacial score (nSPS) is 17.0. The van der Waals surface area contributed by atoms with E-state index in [0.717, 1.165) is 30.9 Å². The number of halogens is 1. The van der Waals surface area contributed by atoms with Crippen LogP contribution in [0.3, 0.4) is 0 Å². The van der Waals surface area contributed by atoms with E-state index in [9.17, 15) is 12.8 Å². The van der Waals surface area contributed by atoms with Gasteiger partial charge in [-0.15, -0.1) is 5.10 Å². The predicted octanol–water partition coefficient (Wildman–Crippen LogP) is 0.729. The largest absolute Gasteiger partial charge is 0.293 e. The monoisotopic (exact) mass is 368 g/mol. The van der Waals surface area contributed by atoms with E-state index in [4.69, 9.17) is 0 Å². The minimum absolute atomic E-state index is 0.120. The van der Waals surface area contributed by atoms with Crippen LogP contribution in [0, 0.1) is 5.82 Å². The molecule has 2 heterocycles. The molecule has 1 aliphatic heterocycles. The molecule has 0 radical (unpaired) electrons. The first-order valence-corrected chi connectivity index (χ1v) is 9.68. The Labute approximate surface area is 146 Å². The molecule has 0 bridgehead atoms. The highest BCUT2D eigenvalue weighted by Crippen LogP contribution is 2.18. The van der Waals surface area contributed by atoms with Crippen LogP contribution in [0.25, 0.3) is 0 Å². The van der Waals surface area contributed by atoms with Crippen LogP contribution < -0.4 is 0 Å². The van der Waals surface area contributed by atoms with Gasteiger partial charge < -0.3 is 0 Å². The molecule has 2 aromatic rings. The van der Waals surface area contributed by atoms with E-state index in [2.05, 4.69) is 27.3 Å². The number of tetrazole rings is 1. The van der Waals surface area contributed by atoms with Gasteiger partial charge in [0.1, 0.15) is 5.82 Å². The molecule has 136 valence electrons. The third kappa shape index (κ3) is 4.02.